The molecule has 16 heavy (non-hydrogen) atoms. The number of benzene rings is 1. The van der Waals surface area contributed by atoms with Crippen LogP contribution in [0.4, 0.5) is 4.39 Å². The van der Waals surface area contributed by atoms with E-state index in [1.54, 1.807) is 12.1 Å². The van der Waals surface area contributed by atoms with E-state index in [1.165, 1.54) is 12.1 Å². The van der Waals surface area contributed by atoms with Crippen LogP contribution in [-0.4, -0.2) is 5.16 Å². The fraction of sp³-hybridized carbons (Fsp3) is 0.182. The molecular formula is C11H9ClFNO2. The van der Waals surface area contributed by atoms with Crippen LogP contribution < -0.4 is 4.74 Å². The molecule has 0 atom stereocenters. The minimum absolute atomic E-state index is 0.0721. The quantitative estimate of drug-likeness (QED) is 0.827. The van der Waals surface area contributed by atoms with Crippen molar-refractivity contribution in [3.05, 3.63) is 46.6 Å². The fourth-order valence-corrected chi connectivity index (χ4v) is 1.32. The maximum absolute atomic E-state index is 13.1. The van der Waals surface area contributed by atoms with Crippen molar-refractivity contribution in [3.63, 3.8) is 0 Å². The third-order valence-corrected chi connectivity index (χ3v) is 2.26. The Kier molecular flexibility index (Phi) is 3.10. The summed E-state index contributed by atoms with van der Waals surface area (Å²) >= 11 is 5.54. The van der Waals surface area contributed by atoms with Crippen molar-refractivity contribution in [1.82, 2.24) is 5.16 Å². The van der Waals surface area contributed by atoms with E-state index >= 15 is 0 Å². The summed E-state index contributed by atoms with van der Waals surface area (Å²) in [5.74, 6) is 0.483. The maximum atomic E-state index is 13.1. The second-order valence-electron chi connectivity index (χ2n) is 3.30. The highest BCUT2D eigenvalue weighted by atomic mass is 35.5. The number of hydrogen-bond acceptors (Lipinski definition) is 3. The Bertz CT molecular complexity index is 498. The molecule has 0 spiro atoms. The van der Waals surface area contributed by atoms with Crippen molar-refractivity contribution in [3.8, 4) is 5.75 Å². The lowest BCUT2D eigenvalue weighted by Crippen LogP contribution is -1.94. The van der Waals surface area contributed by atoms with Gasteiger partial charge < -0.3 is 9.26 Å². The molecule has 0 bridgehead atoms. The molecule has 0 saturated carbocycles. The van der Waals surface area contributed by atoms with E-state index < -0.39 is 5.82 Å². The van der Waals surface area contributed by atoms with Crippen LogP contribution >= 0.6 is 11.6 Å². The van der Waals surface area contributed by atoms with E-state index in [2.05, 4.69) is 5.16 Å². The topological polar surface area (TPSA) is 35.3 Å². The van der Waals surface area contributed by atoms with Gasteiger partial charge in [-0.1, -0.05) is 16.8 Å². The first-order valence-corrected chi connectivity index (χ1v) is 5.03. The third kappa shape index (κ3) is 2.52. The van der Waals surface area contributed by atoms with Crippen molar-refractivity contribution < 1.29 is 13.7 Å². The summed E-state index contributed by atoms with van der Waals surface area (Å²) in [6, 6.07) is 6.02. The lowest BCUT2D eigenvalue weighted by atomic mass is 10.3. The van der Waals surface area contributed by atoms with Gasteiger partial charge in [-0.3, -0.25) is 0 Å². The van der Waals surface area contributed by atoms with Crippen LogP contribution in [0.3, 0.4) is 0 Å². The van der Waals surface area contributed by atoms with E-state index in [-0.39, 0.29) is 11.6 Å². The Morgan fingerprint density at radius 3 is 2.88 bits per heavy atom. The van der Waals surface area contributed by atoms with Gasteiger partial charge in [0.25, 0.3) is 0 Å². The average molecular weight is 242 g/mol. The Hall–Kier alpha value is -1.55. The third-order valence-electron chi connectivity index (χ3n) is 1.95. The standard InChI is InChI=1S/C11H9ClFNO2/c1-7-4-9(16-14-7)6-15-8-2-3-10(12)11(13)5-8/h2-5H,6H2,1H3. The van der Waals surface area contributed by atoms with Gasteiger partial charge >= 0.3 is 0 Å². The number of halogens is 2. The van der Waals surface area contributed by atoms with Crippen LogP contribution in [0.5, 0.6) is 5.75 Å². The summed E-state index contributed by atoms with van der Waals surface area (Å²) < 4.78 is 23.3. The van der Waals surface area contributed by atoms with Crippen molar-refractivity contribution in [2.45, 2.75) is 13.5 Å². The number of nitrogens with zero attached hydrogens (tertiary/aromatic N) is 1. The minimum atomic E-state index is -0.507. The summed E-state index contributed by atoms with van der Waals surface area (Å²) in [5, 5.41) is 3.78. The smallest absolute Gasteiger partial charge is 0.174 e. The number of rotatable bonds is 3. The second kappa shape index (κ2) is 4.53. The summed E-state index contributed by atoms with van der Waals surface area (Å²) in [6.07, 6.45) is 0. The molecule has 1 aromatic carbocycles. The monoisotopic (exact) mass is 241 g/mol. The highest BCUT2D eigenvalue weighted by Crippen LogP contribution is 2.21. The first-order valence-electron chi connectivity index (χ1n) is 4.65. The lowest BCUT2D eigenvalue weighted by molar-refractivity contribution is 0.248. The van der Waals surface area contributed by atoms with Gasteiger partial charge in [-0.15, -0.1) is 0 Å². The maximum Gasteiger partial charge on any atom is 0.174 e. The molecule has 2 aromatic rings. The zero-order valence-corrected chi connectivity index (χ0v) is 9.29. The van der Waals surface area contributed by atoms with Crippen molar-refractivity contribution in [2.24, 2.45) is 0 Å². The van der Waals surface area contributed by atoms with Crippen molar-refractivity contribution in [2.75, 3.05) is 0 Å². The molecule has 5 heteroatoms. The molecule has 0 unspecified atom stereocenters. The minimum Gasteiger partial charge on any atom is -0.485 e. The van der Waals surface area contributed by atoms with E-state index in [4.69, 9.17) is 20.9 Å². The van der Waals surface area contributed by atoms with Gasteiger partial charge in [-0.05, 0) is 19.1 Å². The molecule has 3 nitrogen and oxygen atoms in total. The van der Waals surface area contributed by atoms with Gasteiger partial charge in [0.2, 0.25) is 0 Å². The first kappa shape index (κ1) is 11.0. The summed E-state index contributed by atoms with van der Waals surface area (Å²) in [4.78, 5) is 0. The van der Waals surface area contributed by atoms with E-state index in [1.807, 2.05) is 6.92 Å². The van der Waals surface area contributed by atoms with Crippen LogP contribution in [0, 0.1) is 12.7 Å². The molecule has 0 fully saturated rings. The predicted octanol–water partition coefficient (Wildman–Crippen LogP) is 3.35. The second-order valence-corrected chi connectivity index (χ2v) is 3.71. The number of aryl methyl sites for hydroxylation is 1. The summed E-state index contributed by atoms with van der Waals surface area (Å²) in [7, 11) is 0. The highest BCUT2D eigenvalue weighted by molar-refractivity contribution is 6.30. The molecule has 0 aliphatic rings. The van der Waals surface area contributed by atoms with Crippen LogP contribution in [0.1, 0.15) is 11.5 Å². The molecule has 0 radical (unpaired) electrons. The van der Waals surface area contributed by atoms with Gasteiger partial charge in [0.1, 0.15) is 18.2 Å². The molecule has 1 aromatic heterocycles. The Morgan fingerprint density at radius 2 is 2.25 bits per heavy atom. The summed E-state index contributed by atoms with van der Waals surface area (Å²) in [5.41, 5.74) is 0.779. The normalized spacial score (nSPS) is 10.4. The predicted molar refractivity (Wildman–Crippen MR) is 57.0 cm³/mol. The van der Waals surface area contributed by atoms with Gasteiger partial charge in [-0.25, -0.2) is 4.39 Å². The number of hydrogen-bond donors (Lipinski definition) is 0. The van der Waals surface area contributed by atoms with Crippen molar-refractivity contribution >= 4 is 11.6 Å². The van der Waals surface area contributed by atoms with Gasteiger partial charge in [-0.2, -0.15) is 0 Å². The molecular weight excluding hydrogens is 233 g/mol. The molecule has 1 heterocycles. The Morgan fingerprint density at radius 1 is 1.44 bits per heavy atom. The van der Waals surface area contributed by atoms with Gasteiger partial charge in [0.05, 0.1) is 10.7 Å². The van der Waals surface area contributed by atoms with Crippen LogP contribution in [-0.2, 0) is 6.61 Å². The van der Waals surface area contributed by atoms with Crippen molar-refractivity contribution in [1.29, 1.82) is 0 Å². The first-order chi connectivity index (χ1) is 7.65. The van der Waals surface area contributed by atoms with E-state index in [0.29, 0.717) is 11.5 Å². The average Bonchev–Trinajstić information content (AvgIpc) is 2.66. The fourth-order valence-electron chi connectivity index (χ4n) is 1.21. The van der Waals surface area contributed by atoms with E-state index in [9.17, 15) is 4.39 Å². The zero-order chi connectivity index (χ0) is 11.5. The molecule has 84 valence electrons. The molecule has 0 N–H and O–H groups in total. The molecule has 2 rings (SSSR count). The molecule has 0 saturated heterocycles. The van der Waals surface area contributed by atoms with Gasteiger partial charge in [0.15, 0.2) is 5.76 Å². The van der Waals surface area contributed by atoms with Crippen LogP contribution in [0.15, 0.2) is 28.8 Å². The molecule has 0 aliphatic carbocycles. The Labute approximate surface area is 96.8 Å². The van der Waals surface area contributed by atoms with Crippen LogP contribution in [0.25, 0.3) is 0 Å². The van der Waals surface area contributed by atoms with E-state index in [0.717, 1.165) is 5.69 Å². The molecule has 0 amide bonds. The largest absolute Gasteiger partial charge is 0.485 e. The zero-order valence-electron chi connectivity index (χ0n) is 8.54. The molecule has 0 aliphatic heterocycles. The van der Waals surface area contributed by atoms with Crippen LogP contribution in [0.2, 0.25) is 5.02 Å². The lowest BCUT2D eigenvalue weighted by Gasteiger charge is -2.03. The number of ether oxygens (including phenoxy) is 1. The summed E-state index contributed by atoms with van der Waals surface area (Å²) in [6.45, 7) is 2.02. The Balaban J connectivity index is 2.02. The SMILES string of the molecule is Cc1cc(COc2ccc(Cl)c(F)c2)on1. The van der Waals surface area contributed by atoms with Gasteiger partial charge in [0, 0.05) is 12.1 Å². The highest BCUT2D eigenvalue weighted by Gasteiger charge is 2.04. The number of aromatic nitrogens is 1.